The van der Waals surface area contributed by atoms with Gasteiger partial charge in [-0.1, -0.05) is 72.6 Å². The number of hydrogen-bond acceptors (Lipinski definition) is 4. The molecule has 1 aliphatic rings. The summed E-state index contributed by atoms with van der Waals surface area (Å²) in [5, 5.41) is 11.9. The summed E-state index contributed by atoms with van der Waals surface area (Å²) in [7, 11) is 3.63. The first-order valence-electron chi connectivity index (χ1n) is 14.0. The Morgan fingerprint density at radius 1 is 1.10 bits per heavy atom. The number of carbonyl (C=O) groups is 2. The molecule has 42 heavy (non-hydrogen) atoms. The number of fused-ring (bicyclic) bond motifs is 5. The van der Waals surface area contributed by atoms with Gasteiger partial charge in [0.05, 0.1) is 25.4 Å². The fraction of sp³-hybridized carbons (Fsp3) is 0.333. The molecule has 3 atom stereocenters. The van der Waals surface area contributed by atoms with Crippen molar-refractivity contribution in [3.8, 4) is 11.1 Å². The number of aliphatic hydroxyl groups excluding tert-OH is 1. The number of aryl methyl sites for hydroxylation is 1. The fourth-order valence-corrected chi connectivity index (χ4v) is 6.30. The summed E-state index contributed by atoms with van der Waals surface area (Å²) in [6, 6.07) is 20.3. The number of rotatable bonds is 5. The Morgan fingerprint density at radius 3 is 2.48 bits per heavy atom. The smallest absolute Gasteiger partial charge is 0.271 e. The summed E-state index contributed by atoms with van der Waals surface area (Å²) in [4.78, 5) is 31.1. The van der Waals surface area contributed by atoms with Gasteiger partial charge in [0.25, 0.3) is 11.8 Å². The van der Waals surface area contributed by atoms with Gasteiger partial charge in [0.15, 0.2) is 0 Å². The monoisotopic (exact) mass is 607 g/mol. The van der Waals surface area contributed by atoms with Crippen LogP contribution in [0, 0.1) is 5.92 Å². The first-order valence-corrected chi connectivity index (χ1v) is 14.8. The number of amides is 2. The van der Waals surface area contributed by atoms with Crippen LogP contribution in [0.15, 0.2) is 66.7 Å². The number of aromatic nitrogens is 1. The number of ether oxygens (including phenoxy) is 1. The lowest BCUT2D eigenvalue weighted by molar-refractivity contribution is -0.0210. The minimum atomic E-state index is -0.435. The number of halogens is 2. The highest BCUT2D eigenvalue weighted by molar-refractivity contribution is 6.35. The van der Waals surface area contributed by atoms with Crippen LogP contribution in [0.1, 0.15) is 40.3 Å². The second-order valence-corrected chi connectivity index (χ2v) is 12.0. The van der Waals surface area contributed by atoms with Crippen LogP contribution in [0.4, 0.5) is 0 Å². The molecule has 4 aromatic rings. The average Bonchev–Trinajstić information content (AvgIpc) is 3.27. The first kappa shape index (κ1) is 30.1. The molecule has 1 aliphatic heterocycles. The third-order valence-electron chi connectivity index (χ3n) is 8.14. The summed E-state index contributed by atoms with van der Waals surface area (Å²) in [6.07, 6.45) is -0.416. The second kappa shape index (κ2) is 12.5. The van der Waals surface area contributed by atoms with Gasteiger partial charge in [0, 0.05) is 65.2 Å². The maximum atomic E-state index is 14.5. The van der Waals surface area contributed by atoms with E-state index >= 15 is 0 Å². The number of aliphatic hydroxyl groups is 1. The van der Waals surface area contributed by atoms with Gasteiger partial charge in [-0.3, -0.25) is 9.59 Å². The lowest BCUT2D eigenvalue weighted by atomic mass is 9.96. The topological polar surface area (TPSA) is 75.0 Å². The van der Waals surface area contributed by atoms with Crippen LogP contribution in [0.25, 0.3) is 22.0 Å². The molecule has 0 aliphatic carbocycles. The minimum Gasteiger partial charge on any atom is -0.394 e. The number of likely N-dealkylation sites (N-methyl/N-ethyl adjacent to an activating group) is 1. The number of hydrogen-bond donors (Lipinski definition) is 1. The van der Waals surface area contributed by atoms with Gasteiger partial charge in [0.2, 0.25) is 0 Å². The van der Waals surface area contributed by atoms with E-state index in [1.54, 1.807) is 35.0 Å². The largest absolute Gasteiger partial charge is 0.394 e. The Balaban J connectivity index is 1.58. The predicted molar refractivity (Wildman–Crippen MR) is 167 cm³/mol. The molecule has 220 valence electrons. The molecule has 0 fully saturated rings. The van der Waals surface area contributed by atoms with Crippen LogP contribution < -0.4 is 0 Å². The standard InChI is InChI=1S/C33H35Cl2N3O4/c1-20-16-38(21(2)18-39)33(41)31-30(27-11-7-8-12-28(27)37(31)4)26-10-6-5-9-22(26)19-42-29(20)17-36(3)32(40)23-13-24(34)15-25(35)14-23/h5-15,20-21,29,39H,16-19H2,1-4H3/t20-,21-,29-/m1/s1. The van der Waals surface area contributed by atoms with E-state index < -0.39 is 12.1 Å². The maximum Gasteiger partial charge on any atom is 0.271 e. The van der Waals surface area contributed by atoms with Gasteiger partial charge in [-0.25, -0.2) is 0 Å². The summed E-state index contributed by atoms with van der Waals surface area (Å²) >= 11 is 12.3. The van der Waals surface area contributed by atoms with Crippen molar-refractivity contribution in [2.45, 2.75) is 32.6 Å². The van der Waals surface area contributed by atoms with Gasteiger partial charge in [0.1, 0.15) is 5.69 Å². The highest BCUT2D eigenvalue weighted by atomic mass is 35.5. The lowest BCUT2D eigenvalue weighted by Crippen LogP contribution is -2.48. The van der Waals surface area contributed by atoms with E-state index in [1.165, 1.54) is 0 Å². The SMILES string of the molecule is C[C@@H]1CN([C@H](C)CO)C(=O)c2c(c3ccccc3n2C)-c2ccccc2CO[C@@H]1CN(C)C(=O)c1cc(Cl)cc(Cl)c1. The van der Waals surface area contributed by atoms with Crippen LogP contribution in [0.2, 0.25) is 10.0 Å². The zero-order chi connectivity index (χ0) is 30.1. The van der Waals surface area contributed by atoms with Gasteiger partial charge in [-0.2, -0.15) is 0 Å². The number of para-hydroxylation sites is 1. The van der Waals surface area contributed by atoms with Crippen LogP contribution >= 0.6 is 23.2 Å². The average molecular weight is 609 g/mol. The van der Waals surface area contributed by atoms with Crippen molar-refractivity contribution in [1.29, 1.82) is 0 Å². The van der Waals surface area contributed by atoms with Crippen LogP contribution in [0.5, 0.6) is 0 Å². The number of carbonyl (C=O) groups excluding carboxylic acids is 2. The third kappa shape index (κ3) is 5.79. The van der Waals surface area contributed by atoms with E-state index in [-0.39, 0.29) is 30.9 Å². The Bertz CT molecular complexity index is 1610. The molecule has 0 bridgehead atoms. The maximum absolute atomic E-state index is 14.5. The van der Waals surface area contributed by atoms with Crippen LogP contribution in [-0.4, -0.2) is 70.2 Å². The Hall–Kier alpha value is -3.36. The Morgan fingerprint density at radius 2 is 1.76 bits per heavy atom. The molecule has 1 aromatic heterocycles. The van der Waals surface area contributed by atoms with E-state index in [2.05, 4.69) is 0 Å². The van der Waals surface area contributed by atoms with Crippen molar-refractivity contribution in [1.82, 2.24) is 14.4 Å². The van der Waals surface area contributed by atoms with E-state index in [4.69, 9.17) is 27.9 Å². The first-order chi connectivity index (χ1) is 20.1. The third-order valence-corrected chi connectivity index (χ3v) is 8.57. The van der Waals surface area contributed by atoms with E-state index in [0.29, 0.717) is 34.5 Å². The molecule has 0 radical (unpaired) electrons. The molecule has 0 saturated carbocycles. The minimum absolute atomic E-state index is 0.162. The summed E-state index contributed by atoms with van der Waals surface area (Å²) in [5.74, 6) is -0.574. The molecular weight excluding hydrogens is 573 g/mol. The van der Waals surface area contributed by atoms with Crippen molar-refractivity contribution in [3.05, 3.63) is 93.6 Å². The van der Waals surface area contributed by atoms with Crippen LogP contribution in [-0.2, 0) is 18.4 Å². The number of benzene rings is 3. The van der Waals surface area contributed by atoms with Gasteiger partial charge >= 0.3 is 0 Å². The fourth-order valence-electron chi connectivity index (χ4n) is 5.78. The van der Waals surface area contributed by atoms with Crippen molar-refractivity contribution < 1.29 is 19.4 Å². The summed E-state index contributed by atoms with van der Waals surface area (Å²) in [5.41, 5.74) is 4.62. The molecule has 7 nitrogen and oxygen atoms in total. The Labute approximate surface area is 256 Å². The summed E-state index contributed by atoms with van der Waals surface area (Å²) < 4.78 is 8.54. The molecule has 0 unspecified atom stereocenters. The Kier molecular flexibility index (Phi) is 8.94. The van der Waals surface area contributed by atoms with Gasteiger partial charge in [-0.05, 0) is 42.3 Å². The second-order valence-electron chi connectivity index (χ2n) is 11.1. The highest BCUT2D eigenvalue weighted by Crippen LogP contribution is 2.38. The molecule has 0 spiro atoms. The molecular formula is C33H35Cl2N3O4. The predicted octanol–water partition coefficient (Wildman–Crippen LogP) is 6.28. The van der Waals surface area contributed by atoms with E-state index in [9.17, 15) is 14.7 Å². The van der Waals surface area contributed by atoms with E-state index in [1.807, 2.05) is 74.0 Å². The zero-order valence-electron chi connectivity index (χ0n) is 24.2. The van der Waals surface area contributed by atoms with Crippen molar-refractivity contribution >= 4 is 45.9 Å². The van der Waals surface area contributed by atoms with Gasteiger partial charge in [-0.15, -0.1) is 0 Å². The van der Waals surface area contributed by atoms with E-state index in [0.717, 1.165) is 27.6 Å². The molecule has 1 N–H and O–H groups in total. The summed E-state index contributed by atoms with van der Waals surface area (Å²) in [6.45, 7) is 4.56. The molecule has 0 saturated heterocycles. The molecule has 9 heteroatoms. The quantitative estimate of drug-likeness (QED) is 0.290. The normalized spacial score (nSPS) is 18.3. The molecule has 5 rings (SSSR count). The van der Waals surface area contributed by atoms with Crippen molar-refractivity contribution in [2.75, 3.05) is 26.7 Å². The van der Waals surface area contributed by atoms with Gasteiger partial charge < -0.3 is 24.2 Å². The highest BCUT2D eigenvalue weighted by Gasteiger charge is 2.34. The lowest BCUT2D eigenvalue weighted by Gasteiger charge is -2.35. The molecule has 2 amide bonds. The number of nitrogens with zero attached hydrogens (tertiary/aromatic N) is 3. The molecule has 3 aromatic carbocycles. The van der Waals surface area contributed by atoms with Crippen LogP contribution in [0.3, 0.4) is 0 Å². The van der Waals surface area contributed by atoms with Crippen molar-refractivity contribution in [2.24, 2.45) is 13.0 Å². The van der Waals surface area contributed by atoms with Crippen molar-refractivity contribution in [3.63, 3.8) is 0 Å². The zero-order valence-corrected chi connectivity index (χ0v) is 25.7. The molecule has 2 heterocycles.